The molecule has 0 aliphatic carbocycles. The molecule has 1 aromatic rings. The quantitative estimate of drug-likeness (QED) is 0.459. The number of carbonyl (C=O) groups excluding carboxylic acids is 2. The number of ether oxygens (including phenoxy) is 1. The fourth-order valence-corrected chi connectivity index (χ4v) is 2.02. The van der Waals surface area contributed by atoms with E-state index in [1.54, 1.807) is 20.8 Å². The summed E-state index contributed by atoms with van der Waals surface area (Å²) >= 11 is 0. The van der Waals surface area contributed by atoms with E-state index in [0.29, 0.717) is 12.1 Å². The van der Waals surface area contributed by atoms with Crippen LogP contribution in [0.25, 0.3) is 0 Å². The standard InChI is InChI=1S/C16H21F3N2O5/c1-16(2,3)26-15(25)21-20-14(24)10(6-9(23)7-22)8-4-11(17)13(19)12(18)5-8/h4-5,9-10,22-23H,6-7H2,1-3H3,(H,20,24)(H,21,25). The highest BCUT2D eigenvalue weighted by Crippen LogP contribution is 2.25. The predicted molar refractivity (Wildman–Crippen MR) is 84.3 cm³/mol. The van der Waals surface area contributed by atoms with Crippen LogP contribution in [0.3, 0.4) is 0 Å². The van der Waals surface area contributed by atoms with E-state index < -0.39 is 60.1 Å². The van der Waals surface area contributed by atoms with Gasteiger partial charge in [-0.3, -0.25) is 10.2 Å². The zero-order chi connectivity index (χ0) is 20.1. The van der Waals surface area contributed by atoms with Crippen molar-refractivity contribution < 1.29 is 37.7 Å². The van der Waals surface area contributed by atoms with Gasteiger partial charge in [0.15, 0.2) is 17.5 Å². The molecule has 0 spiro atoms. The SMILES string of the molecule is CC(C)(C)OC(=O)NNC(=O)C(CC(O)CO)c1cc(F)c(F)c(F)c1. The molecule has 1 aromatic carbocycles. The van der Waals surface area contributed by atoms with Crippen molar-refractivity contribution in [1.82, 2.24) is 10.9 Å². The summed E-state index contributed by atoms with van der Waals surface area (Å²) in [5, 5.41) is 18.5. The van der Waals surface area contributed by atoms with Crippen molar-refractivity contribution in [2.75, 3.05) is 6.61 Å². The first-order valence-electron chi connectivity index (χ1n) is 7.66. The summed E-state index contributed by atoms with van der Waals surface area (Å²) < 4.78 is 44.9. The summed E-state index contributed by atoms with van der Waals surface area (Å²) in [6.45, 7) is 4.08. The zero-order valence-electron chi connectivity index (χ0n) is 14.5. The molecule has 26 heavy (non-hydrogen) atoms. The molecule has 2 atom stereocenters. The highest BCUT2D eigenvalue weighted by Gasteiger charge is 2.27. The van der Waals surface area contributed by atoms with Gasteiger partial charge in [0.2, 0.25) is 5.91 Å². The maximum atomic E-state index is 13.4. The van der Waals surface area contributed by atoms with Gasteiger partial charge in [-0.1, -0.05) is 0 Å². The molecule has 0 heterocycles. The minimum absolute atomic E-state index is 0.280. The summed E-state index contributed by atoms with van der Waals surface area (Å²) in [7, 11) is 0. The third-order valence-corrected chi connectivity index (χ3v) is 3.13. The summed E-state index contributed by atoms with van der Waals surface area (Å²) in [5.41, 5.74) is 2.84. The number of hydrazine groups is 1. The fraction of sp³-hybridized carbons (Fsp3) is 0.500. The molecule has 4 N–H and O–H groups in total. The number of rotatable bonds is 5. The highest BCUT2D eigenvalue weighted by molar-refractivity contribution is 5.85. The Labute approximate surface area is 148 Å². The van der Waals surface area contributed by atoms with E-state index in [9.17, 15) is 27.9 Å². The van der Waals surface area contributed by atoms with Crippen molar-refractivity contribution in [1.29, 1.82) is 0 Å². The molecule has 146 valence electrons. The first-order valence-corrected chi connectivity index (χ1v) is 7.66. The zero-order valence-corrected chi connectivity index (χ0v) is 14.5. The van der Waals surface area contributed by atoms with Gasteiger partial charge >= 0.3 is 6.09 Å². The van der Waals surface area contributed by atoms with Crippen molar-refractivity contribution in [2.45, 2.75) is 44.8 Å². The number of benzene rings is 1. The number of nitrogens with one attached hydrogen (secondary N) is 2. The Kier molecular flexibility index (Phi) is 7.40. The lowest BCUT2D eigenvalue weighted by atomic mass is 9.92. The van der Waals surface area contributed by atoms with Gasteiger partial charge in [-0.05, 0) is 44.9 Å². The molecule has 10 heteroatoms. The maximum Gasteiger partial charge on any atom is 0.426 e. The number of amides is 2. The Balaban J connectivity index is 2.96. The van der Waals surface area contributed by atoms with Gasteiger partial charge in [-0.25, -0.2) is 23.4 Å². The molecule has 2 amide bonds. The van der Waals surface area contributed by atoms with Crippen molar-refractivity contribution in [3.8, 4) is 0 Å². The third-order valence-electron chi connectivity index (χ3n) is 3.13. The average Bonchev–Trinajstić information content (AvgIpc) is 2.53. The van der Waals surface area contributed by atoms with E-state index in [1.165, 1.54) is 0 Å². The molecule has 0 aliphatic rings. The lowest BCUT2D eigenvalue weighted by Gasteiger charge is -2.22. The van der Waals surface area contributed by atoms with Gasteiger partial charge < -0.3 is 14.9 Å². The number of halogens is 3. The van der Waals surface area contributed by atoms with Crippen molar-refractivity contribution in [3.63, 3.8) is 0 Å². The molecule has 0 saturated carbocycles. The van der Waals surface area contributed by atoms with Crippen LogP contribution >= 0.6 is 0 Å². The number of aliphatic hydroxyl groups is 2. The minimum atomic E-state index is -1.71. The van der Waals surface area contributed by atoms with Gasteiger partial charge in [0.25, 0.3) is 0 Å². The first-order chi connectivity index (χ1) is 11.9. The minimum Gasteiger partial charge on any atom is -0.443 e. The predicted octanol–water partition coefficient (Wildman–Crippen LogP) is 1.49. The first kappa shape index (κ1) is 21.7. The van der Waals surface area contributed by atoms with Crippen LogP contribution in [-0.4, -0.2) is 40.5 Å². The molecule has 0 bridgehead atoms. The second kappa shape index (κ2) is 8.86. The van der Waals surface area contributed by atoms with Crippen LogP contribution in [0.2, 0.25) is 0 Å². The molecule has 2 unspecified atom stereocenters. The van der Waals surface area contributed by atoms with Gasteiger partial charge in [-0.15, -0.1) is 0 Å². The molecule has 0 aromatic heterocycles. The van der Waals surface area contributed by atoms with Crippen molar-refractivity contribution >= 4 is 12.0 Å². The number of carbonyl (C=O) groups is 2. The lowest BCUT2D eigenvalue weighted by Crippen LogP contribution is -2.46. The number of hydrogen-bond acceptors (Lipinski definition) is 5. The summed E-state index contributed by atoms with van der Waals surface area (Å²) in [6, 6.07) is 1.19. The third kappa shape index (κ3) is 6.52. The largest absolute Gasteiger partial charge is 0.443 e. The van der Waals surface area contributed by atoms with E-state index in [4.69, 9.17) is 9.84 Å². The molecule has 1 rings (SSSR count). The Bertz CT molecular complexity index is 641. The second-order valence-corrected chi connectivity index (χ2v) is 6.54. The summed E-state index contributed by atoms with van der Waals surface area (Å²) in [6.07, 6.45) is -2.80. The van der Waals surface area contributed by atoms with E-state index in [-0.39, 0.29) is 5.56 Å². The second-order valence-electron chi connectivity index (χ2n) is 6.54. The van der Waals surface area contributed by atoms with E-state index in [1.807, 2.05) is 10.9 Å². The fourth-order valence-electron chi connectivity index (χ4n) is 2.02. The Hall–Kier alpha value is -2.33. The summed E-state index contributed by atoms with van der Waals surface area (Å²) in [5.74, 6) is -7.07. The van der Waals surface area contributed by atoms with Crippen LogP contribution in [0.4, 0.5) is 18.0 Å². The van der Waals surface area contributed by atoms with Gasteiger partial charge in [0.1, 0.15) is 5.60 Å². The van der Waals surface area contributed by atoms with Crippen LogP contribution in [-0.2, 0) is 9.53 Å². The molecule has 7 nitrogen and oxygen atoms in total. The smallest absolute Gasteiger partial charge is 0.426 e. The highest BCUT2D eigenvalue weighted by atomic mass is 19.2. The van der Waals surface area contributed by atoms with Crippen LogP contribution in [0, 0.1) is 17.5 Å². The lowest BCUT2D eigenvalue weighted by molar-refractivity contribution is -0.124. The topological polar surface area (TPSA) is 108 Å². The van der Waals surface area contributed by atoms with E-state index >= 15 is 0 Å². The van der Waals surface area contributed by atoms with Gasteiger partial charge in [-0.2, -0.15) is 0 Å². The van der Waals surface area contributed by atoms with Crippen molar-refractivity contribution in [2.24, 2.45) is 0 Å². The molecule has 0 saturated heterocycles. The Morgan fingerprint density at radius 2 is 1.69 bits per heavy atom. The molecule has 0 radical (unpaired) electrons. The summed E-state index contributed by atoms with van der Waals surface area (Å²) in [4.78, 5) is 23.8. The van der Waals surface area contributed by atoms with Gasteiger partial charge in [0.05, 0.1) is 18.6 Å². The maximum absolute atomic E-state index is 13.4. The van der Waals surface area contributed by atoms with Crippen LogP contribution in [0.15, 0.2) is 12.1 Å². The average molecular weight is 378 g/mol. The molecule has 0 fully saturated rings. The molecular formula is C16H21F3N2O5. The Morgan fingerprint density at radius 1 is 1.15 bits per heavy atom. The van der Waals surface area contributed by atoms with Crippen molar-refractivity contribution in [3.05, 3.63) is 35.1 Å². The Morgan fingerprint density at radius 3 is 2.15 bits per heavy atom. The van der Waals surface area contributed by atoms with Crippen LogP contribution in [0.1, 0.15) is 38.7 Å². The number of hydrogen-bond donors (Lipinski definition) is 4. The van der Waals surface area contributed by atoms with Crippen LogP contribution in [0.5, 0.6) is 0 Å². The number of aliphatic hydroxyl groups excluding tert-OH is 2. The monoisotopic (exact) mass is 378 g/mol. The van der Waals surface area contributed by atoms with Crippen LogP contribution < -0.4 is 10.9 Å². The van der Waals surface area contributed by atoms with E-state index in [2.05, 4.69) is 0 Å². The van der Waals surface area contributed by atoms with E-state index in [0.717, 1.165) is 0 Å². The molecular weight excluding hydrogens is 357 g/mol. The van der Waals surface area contributed by atoms with Gasteiger partial charge in [0, 0.05) is 0 Å². The molecule has 0 aliphatic heterocycles. The normalized spacial score (nSPS) is 13.7.